The molecule has 4 nitrogen and oxygen atoms in total. The number of ether oxygens (including phenoxy) is 2. The highest BCUT2D eigenvalue weighted by atomic mass is 16.6. The van der Waals surface area contributed by atoms with Crippen LogP contribution >= 0.6 is 0 Å². The second-order valence-corrected chi connectivity index (χ2v) is 2.50. The molecule has 0 amide bonds. The van der Waals surface area contributed by atoms with E-state index in [1.54, 1.807) is 13.8 Å². The van der Waals surface area contributed by atoms with E-state index in [-0.39, 0.29) is 18.5 Å². The Kier molecular flexibility index (Phi) is 5.93. The summed E-state index contributed by atoms with van der Waals surface area (Å²) in [6, 6.07) is 0. The van der Waals surface area contributed by atoms with Crippen LogP contribution in [0.3, 0.4) is 0 Å². The van der Waals surface area contributed by atoms with Gasteiger partial charge < -0.3 is 9.47 Å². The molecule has 75 valence electrons. The number of hydrogen-bond donors (Lipinski definition) is 0. The van der Waals surface area contributed by atoms with E-state index in [4.69, 9.17) is 9.47 Å². The van der Waals surface area contributed by atoms with Gasteiger partial charge in [0, 0.05) is 12.8 Å². The number of esters is 2. The third-order valence-corrected chi connectivity index (χ3v) is 1.31. The molecule has 1 radical (unpaired) electrons. The molecule has 0 aromatic rings. The summed E-state index contributed by atoms with van der Waals surface area (Å²) in [4.78, 5) is 21.4. The van der Waals surface area contributed by atoms with Crippen molar-refractivity contribution in [1.29, 1.82) is 0 Å². The lowest BCUT2D eigenvalue weighted by molar-refractivity contribution is -0.156. The molecule has 0 fully saturated rings. The highest BCUT2D eigenvalue weighted by molar-refractivity contribution is 5.70. The highest BCUT2D eigenvalue weighted by Gasteiger charge is 2.09. The van der Waals surface area contributed by atoms with Crippen molar-refractivity contribution in [3.8, 4) is 0 Å². The zero-order chi connectivity index (χ0) is 10.3. The van der Waals surface area contributed by atoms with Crippen molar-refractivity contribution in [2.24, 2.45) is 0 Å². The molecule has 0 saturated heterocycles. The second-order valence-electron chi connectivity index (χ2n) is 2.50. The Bertz CT molecular complexity index is 176. The van der Waals surface area contributed by atoms with Crippen LogP contribution in [0.5, 0.6) is 0 Å². The Morgan fingerprint density at radius 1 is 1.23 bits per heavy atom. The summed E-state index contributed by atoms with van der Waals surface area (Å²) < 4.78 is 9.49. The molecular formula is C9H15O4. The van der Waals surface area contributed by atoms with Crippen molar-refractivity contribution in [3.63, 3.8) is 0 Å². The summed E-state index contributed by atoms with van der Waals surface area (Å²) in [6.07, 6.45) is 0.00490. The van der Waals surface area contributed by atoms with E-state index in [9.17, 15) is 9.59 Å². The average Bonchev–Trinajstić information content (AvgIpc) is 2.13. The molecule has 0 heterocycles. The van der Waals surface area contributed by atoms with E-state index in [0.717, 1.165) is 0 Å². The predicted molar refractivity (Wildman–Crippen MR) is 46.8 cm³/mol. The maximum absolute atomic E-state index is 10.7. The first-order chi connectivity index (χ1) is 6.10. The lowest BCUT2D eigenvalue weighted by Gasteiger charge is -2.12. The Balaban J connectivity index is 3.56. The molecule has 0 saturated carbocycles. The van der Waals surface area contributed by atoms with E-state index in [1.165, 1.54) is 0 Å². The van der Waals surface area contributed by atoms with Crippen LogP contribution in [0.1, 0.15) is 26.7 Å². The maximum atomic E-state index is 10.7. The summed E-state index contributed by atoms with van der Waals surface area (Å²) in [6.45, 7) is 6.92. The zero-order valence-electron chi connectivity index (χ0n) is 8.04. The minimum absolute atomic E-state index is 0.0262. The monoisotopic (exact) mass is 187 g/mol. The van der Waals surface area contributed by atoms with Crippen molar-refractivity contribution in [3.05, 3.63) is 6.92 Å². The van der Waals surface area contributed by atoms with Crippen LogP contribution in [0.2, 0.25) is 0 Å². The number of rotatable bonds is 5. The van der Waals surface area contributed by atoms with Crippen LogP contribution in [-0.4, -0.2) is 24.6 Å². The Labute approximate surface area is 78.2 Å². The molecule has 0 rings (SSSR count). The lowest BCUT2D eigenvalue weighted by atomic mass is 10.4. The minimum Gasteiger partial charge on any atom is -0.462 e. The van der Waals surface area contributed by atoms with Gasteiger partial charge in [-0.15, -0.1) is 0 Å². The highest BCUT2D eigenvalue weighted by Crippen LogP contribution is 1.96. The van der Waals surface area contributed by atoms with Gasteiger partial charge in [0.05, 0.1) is 0 Å². The van der Waals surface area contributed by atoms with Gasteiger partial charge in [-0.25, -0.2) is 0 Å². The maximum Gasteiger partial charge on any atom is 0.305 e. The van der Waals surface area contributed by atoms with Gasteiger partial charge in [-0.3, -0.25) is 9.59 Å². The van der Waals surface area contributed by atoms with Crippen molar-refractivity contribution in [2.45, 2.75) is 32.8 Å². The van der Waals surface area contributed by atoms with Crippen LogP contribution in [-0.2, 0) is 19.1 Å². The Morgan fingerprint density at radius 3 is 2.23 bits per heavy atom. The molecule has 0 N–H and O–H groups in total. The summed E-state index contributed by atoms with van der Waals surface area (Å²) in [5.41, 5.74) is 0. The first-order valence-electron chi connectivity index (χ1n) is 4.28. The summed E-state index contributed by atoms with van der Waals surface area (Å²) in [5.74, 6) is -0.659. The number of hydrogen-bond acceptors (Lipinski definition) is 4. The quantitative estimate of drug-likeness (QED) is 0.605. The zero-order valence-corrected chi connectivity index (χ0v) is 8.04. The second kappa shape index (κ2) is 6.46. The fourth-order valence-electron chi connectivity index (χ4n) is 0.591. The molecule has 0 aliphatic carbocycles. The first-order valence-corrected chi connectivity index (χ1v) is 4.28. The van der Waals surface area contributed by atoms with E-state index in [0.29, 0.717) is 12.8 Å². The molecule has 1 unspecified atom stereocenters. The van der Waals surface area contributed by atoms with E-state index >= 15 is 0 Å². The van der Waals surface area contributed by atoms with Gasteiger partial charge in [0.25, 0.3) is 0 Å². The fourth-order valence-corrected chi connectivity index (χ4v) is 0.591. The van der Waals surface area contributed by atoms with Crippen molar-refractivity contribution in [1.82, 2.24) is 0 Å². The SMILES string of the molecule is [CH2]C(COC(=O)CC)OC(=O)CC. The smallest absolute Gasteiger partial charge is 0.305 e. The number of carbonyl (C=O) groups is 2. The van der Waals surface area contributed by atoms with E-state index < -0.39 is 6.10 Å². The van der Waals surface area contributed by atoms with Gasteiger partial charge in [-0.2, -0.15) is 0 Å². The van der Waals surface area contributed by atoms with Crippen LogP contribution in [0, 0.1) is 6.92 Å². The van der Waals surface area contributed by atoms with Crippen LogP contribution in [0.15, 0.2) is 0 Å². The van der Waals surface area contributed by atoms with Gasteiger partial charge in [-0.05, 0) is 6.92 Å². The molecule has 1 atom stereocenters. The number of carbonyl (C=O) groups excluding carboxylic acids is 2. The molecular weight excluding hydrogens is 172 g/mol. The third kappa shape index (κ3) is 6.13. The normalized spacial score (nSPS) is 11.9. The van der Waals surface area contributed by atoms with Gasteiger partial charge in [0.1, 0.15) is 12.7 Å². The molecule has 0 aromatic heterocycles. The molecule has 4 heteroatoms. The predicted octanol–water partition coefficient (Wildman–Crippen LogP) is 1.10. The standard InChI is InChI=1S/C9H15O4/c1-4-8(10)12-6-7(3)13-9(11)5-2/h7H,3-6H2,1-2H3. The Hall–Kier alpha value is -1.06. The molecule has 0 aliphatic rings. The van der Waals surface area contributed by atoms with Crippen molar-refractivity contribution >= 4 is 11.9 Å². The Morgan fingerprint density at radius 2 is 1.77 bits per heavy atom. The molecule has 0 bridgehead atoms. The lowest BCUT2D eigenvalue weighted by Crippen LogP contribution is -2.21. The van der Waals surface area contributed by atoms with Crippen LogP contribution in [0.25, 0.3) is 0 Å². The van der Waals surface area contributed by atoms with Gasteiger partial charge in [-0.1, -0.05) is 13.8 Å². The van der Waals surface area contributed by atoms with E-state index in [2.05, 4.69) is 6.92 Å². The largest absolute Gasteiger partial charge is 0.462 e. The minimum atomic E-state index is -0.608. The van der Waals surface area contributed by atoms with Gasteiger partial charge >= 0.3 is 11.9 Å². The molecule has 0 spiro atoms. The van der Waals surface area contributed by atoms with Crippen LogP contribution in [0.4, 0.5) is 0 Å². The van der Waals surface area contributed by atoms with Crippen molar-refractivity contribution < 1.29 is 19.1 Å². The van der Waals surface area contributed by atoms with Crippen molar-refractivity contribution in [2.75, 3.05) is 6.61 Å². The first kappa shape index (κ1) is 11.9. The molecule has 0 aromatic carbocycles. The summed E-state index contributed by atoms with van der Waals surface area (Å²) >= 11 is 0. The van der Waals surface area contributed by atoms with E-state index in [1.807, 2.05) is 0 Å². The fraction of sp³-hybridized carbons (Fsp3) is 0.667. The molecule has 0 aliphatic heterocycles. The topological polar surface area (TPSA) is 52.6 Å². The van der Waals surface area contributed by atoms with Crippen LogP contribution < -0.4 is 0 Å². The summed E-state index contributed by atoms with van der Waals surface area (Å²) in [7, 11) is 0. The van der Waals surface area contributed by atoms with Gasteiger partial charge in [0.15, 0.2) is 0 Å². The summed E-state index contributed by atoms with van der Waals surface area (Å²) in [5, 5.41) is 0. The average molecular weight is 187 g/mol. The molecule has 13 heavy (non-hydrogen) atoms. The van der Waals surface area contributed by atoms with Gasteiger partial charge in [0.2, 0.25) is 0 Å². The third-order valence-electron chi connectivity index (χ3n) is 1.31.